The number of hydrogen-bond acceptors (Lipinski definition) is 3. The molecule has 0 fully saturated rings. The van der Waals surface area contributed by atoms with Gasteiger partial charge in [0, 0.05) is 17.8 Å². The molecule has 0 bridgehead atoms. The standard InChI is InChI=1S/C10H12NO2/c1-2-11-10-6-4-3-5-9(10)7-13-8-12/h3-6,11H,2,7H2,1H3. The number of rotatable bonds is 5. The fourth-order valence-electron chi connectivity index (χ4n) is 1.12. The molecule has 0 amide bonds. The minimum absolute atomic E-state index is 0.271. The lowest BCUT2D eigenvalue weighted by molar-refractivity contribution is 0.267. The van der Waals surface area contributed by atoms with Crippen molar-refractivity contribution >= 4 is 12.2 Å². The van der Waals surface area contributed by atoms with E-state index in [4.69, 9.17) is 0 Å². The van der Waals surface area contributed by atoms with Crippen LogP contribution in [-0.2, 0) is 16.1 Å². The van der Waals surface area contributed by atoms with Gasteiger partial charge in [0.2, 0.25) is 0 Å². The largest absolute Gasteiger partial charge is 0.452 e. The van der Waals surface area contributed by atoms with Crippen molar-refractivity contribution in [1.29, 1.82) is 0 Å². The van der Waals surface area contributed by atoms with E-state index < -0.39 is 0 Å². The Morgan fingerprint density at radius 3 is 2.92 bits per heavy atom. The van der Waals surface area contributed by atoms with Gasteiger partial charge >= 0.3 is 6.47 Å². The minimum Gasteiger partial charge on any atom is -0.452 e. The maximum absolute atomic E-state index is 9.88. The molecule has 1 N–H and O–H groups in total. The van der Waals surface area contributed by atoms with E-state index in [0.717, 1.165) is 17.8 Å². The van der Waals surface area contributed by atoms with Crippen molar-refractivity contribution in [3.8, 4) is 0 Å². The van der Waals surface area contributed by atoms with E-state index in [0.29, 0.717) is 0 Å². The Labute approximate surface area is 77.7 Å². The summed E-state index contributed by atoms with van der Waals surface area (Å²) in [7, 11) is 0. The molecule has 0 aliphatic heterocycles. The van der Waals surface area contributed by atoms with Gasteiger partial charge in [-0.25, -0.2) is 4.79 Å². The summed E-state index contributed by atoms with van der Waals surface area (Å²) in [5.74, 6) is 0. The van der Waals surface area contributed by atoms with Gasteiger partial charge in [-0.1, -0.05) is 18.2 Å². The summed E-state index contributed by atoms with van der Waals surface area (Å²) >= 11 is 0. The smallest absolute Gasteiger partial charge is 0.417 e. The molecular weight excluding hydrogens is 166 g/mol. The van der Waals surface area contributed by atoms with Crippen LogP contribution in [0.5, 0.6) is 0 Å². The highest BCUT2D eigenvalue weighted by Gasteiger charge is 1.99. The first-order chi connectivity index (χ1) is 6.38. The Balaban J connectivity index is 2.71. The first-order valence-corrected chi connectivity index (χ1v) is 4.19. The fraction of sp³-hybridized carbons (Fsp3) is 0.300. The van der Waals surface area contributed by atoms with Crippen molar-refractivity contribution in [1.82, 2.24) is 0 Å². The predicted molar refractivity (Wildman–Crippen MR) is 51.1 cm³/mol. The van der Waals surface area contributed by atoms with Crippen LogP contribution in [0.4, 0.5) is 5.69 Å². The number of nitrogens with one attached hydrogen (secondary N) is 1. The molecule has 0 atom stereocenters. The van der Waals surface area contributed by atoms with Crippen LogP contribution in [0.15, 0.2) is 24.3 Å². The highest BCUT2D eigenvalue weighted by atomic mass is 16.5. The molecule has 0 aliphatic carbocycles. The molecule has 0 spiro atoms. The van der Waals surface area contributed by atoms with Gasteiger partial charge in [0.25, 0.3) is 0 Å². The molecule has 1 aromatic rings. The fourth-order valence-corrected chi connectivity index (χ4v) is 1.12. The molecule has 3 nitrogen and oxygen atoms in total. The summed E-state index contributed by atoms with van der Waals surface area (Å²) in [5, 5.41) is 3.18. The molecule has 0 saturated heterocycles. The number of hydrogen-bond donors (Lipinski definition) is 1. The van der Waals surface area contributed by atoms with Crippen molar-refractivity contribution in [2.45, 2.75) is 13.5 Å². The predicted octanol–water partition coefficient (Wildman–Crippen LogP) is 1.70. The Kier molecular flexibility index (Phi) is 3.82. The molecule has 1 rings (SSSR count). The van der Waals surface area contributed by atoms with Crippen LogP contribution in [0.2, 0.25) is 0 Å². The summed E-state index contributed by atoms with van der Waals surface area (Å²) in [6, 6.07) is 7.71. The summed E-state index contributed by atoms with van der Waals surface area (Å²) in [6.45, 7) is 4.54. The molecule has 3 heteroatoms. The van der Waals surface area contributed by atoms with Gasteiger partial charge in [0.15, 0.2) is 0 Å². The summed E-state index contributed by atoms with van der Waals surface area (Å²) in [6.07, 6.45) is 0. The first-order valence-electron chi connectivity index (χ1n) is 4.19. The summed E-state index contributed by atoms with van der Waals surface area (Å²) < 4.78 is 4.56. The van der Waals surface area contributed by atoms with Gasteiger partial charge in [-0.3, -0.25) is 0 Å². The maximum Gasteiger partial charge on any atom is 0.417 e. The number of anilines is 1. The van der Waals surface area contributed by atoms with E-state index in [-0.39, 0.29) is 6.61 Å². The quantitative estimate of drug-likeness (QED) is 0.745. The monoisotopic (exact) mass is 178 g/mol. The minimum atomic E-state index is 0.271. The van der Waals surface area contributed by atoms with E-state index in [2.05, 4.69) is 10.1 Å². The molecule has 0 unspecified atom stereocenters. The average Bonchev–Trinajstić information content (AvgIpc) is 2.17. The SMILES string of the molecule is CCNc1ccccc1CO[C]=O. The molecule has 1 aromatic carbocycles. The Hall–Kier alpha value is -1.51. The van der Waals surface area contributed by atoms with E-state index >= 15 is 0 Å². The zero-order valence-corrected chi connectivity index (χ0v) is 7.54. The first kappa shape index (κ1) is 9.58. The lowest BCUT2D eigenvalue weighted by Crippen LogP contribution is -2.01. The summed E-state index contributed by atoms with van der Waals surface area (Å²) in [5.41, 5.74) is 1.97. The van der Waals surface area contributed by atoms with Crippen LogP contribution in [0, 0.1) is 0 Å². The maximum atomic E-state index is 9.88. The lowest BCUT2D eigenvalue weighted by Gasteiger charge is -2.08. The number of benzene rings is 1. The molecule has 0 heterocycles. The second-order valence-corrected chi connectivity index (χ2v) is 2.56. The molecule has 13 heavy (non-hydrogen) atoms. The second-order valence-electron chi connectivity index (χ2n) is 2.56. The topological polar surface area (TPSA) is 38.3 Å². The number of ether oxygens (including phenoxy) is 1. The molecule has 69 valence electrons. The highest BCUT2D eigenvalue weighted by molar-refractivity contribution is 5.51. The average molecular weight is 178 g/mol. The highest BCUT2D eigenvalue weighted by Crippen LogP contribution is 2.15. The van der Waals surface area contributed by atoms with Gasteiger partial charge in [-0.2, -0.15) is 0 Å². The van der Waals surface area contributed by atoms with E-state index in [1.165, 1.54) is 6.47 Å². The van der Waals surface area contributed by atoms with E-state index in [1.807, 2.05) is 31.2 Å². The van der Waals surface area contributed by atoms with Crippen molar-refractivity contribution < 1.29 is 9.53 Å². The van der Waals surface area contributed by atoms with Crippen LogP contribution in [0.3, 0.4) is 0 Å². The van der Waals surface area contributed by atoms with Crippen molar-refractivity contribution in [3.05, 3.63) is 29.8 Å². The number of carbonyl (C=O) groups excluding carboxylic acids is 1. The van der Waals surface area contributed by atoms with Gasteiger partial charge in [-0.05, 0) is 13.0 Å². The van der Waals surface area contributed by atoms with Crippen molar-refractivity contribution in [2.75, 3.05) is 11.9 Å². The normalized spacial score (nSPS) is 9.31. The Morgan fingerprint density at radius 1 is 1.46 bits per heavy atom. The second kappa shape index (κ2) is 5.19. The molecule has 0 aromatic heterocycles. The van der Waals surface area contributed by atoms with Crippen LogP contribution >= 0.6 is 0 Å². The third-order valence-electron chi connectivity index (χ3n) is 1.67. The third-order valence-corrected chi connectivity index (χ3v) is 1.67. The van der Waals surface area contributed by atoms with Crippen LogP contribution in [-0.4, -0.2) is 13.0 Å². The van der Waals surface area contributed by atoms with Gasteiger partial charge in [0.1, 0.15) is 6.61 Å². The van der Waals surface area contributed by atoms with Gasteiger partial charge in [0.05, 0.1) is 0 Å². The van der Waals surface area contributed by atoms with Crippen LogP contribution in [0.25, 0.3) is 0 Å². The van der Waals surface area contributed by atoms with E-state index in [1.54, 1.807) is 0 Å². The zero-order chi connectivity index (χ0) is 9.52. The van der Waals surface area contributed by atoms with Crippen molar-refractivity contribution in [2.24, 2.45) is 0 Å². The van der Waals surface area contributed by atoms with Gasteiger partial charge < -0.3 is 10.1 Å². The Bertz CT molecular complexity index is 273. The third kappa shape index (κ3) is 2.78. The molecule has 0 saturated carbocycles. The molecular formula is C10H12NO2. The molecule has 1 radical (unpaired) electrons. The zero-order valence-electron chi connectivity index (χ0n) is 7.54. The van der Waals surface area contributed by atoms with Crippen LogP contribution in [0.1, 0.15) is 12.5 Å². The Morgan fingerprint density at radius 2 is 2.23 bits per heavy atom. The number of para-hydroxylation sites is 1. The lowest BCUT2D eigenvalue weighted by atomic mass is 10.2. The van der Waals surface area contributed by atoms with Crippen LogP contribution < -0.4 is 5.32 Å². The van der Waals surface area contributed by atoms with E-state index in [9.17, 15) is 4.79 Å². The molecule has 0 aliphatic rings. The summed E-state index contributed by atoms with van der Waals surface area (Å²) in [4.78, 5) is 9.88. The van der Waals surface area contributed by atoms with Crippen molar-refractivity contribution in [3.63, 3.8) is 0 Å². The van der Waals surface area contributed by atoms with Gasteiger partial charge in [-0.15, -0.1) is 0 Å².